The van der Waals surface area contributed by atoms with Crippen LogP contribution in [0.25, 0.3) is 20.2 Å². The van der Waals surface area contributed by atoms with Crippen LogP contribution in [0.3, 0.4) is 0 Å². The highest BCUT2D eigenvalue weighted by Gasteiger charge is 2.21. The van der Waals surface area contributed by atoms with Crippen molar-refractivity contribution in [2.24, 2.45) is 0 Å². The summed E-state index contributed by atoms with van der Waals surface area (Å²) in [5.74, 6) is -0.346. The lowest BCUT2D eigenvalue weighted by Gasteiger charge is -2.17. The summed E-state index contributed by atoms with van der Waals surface area (Å²) in [4.78, 5) is 27.6. The van der Waals surface area contributed by atoms with Crippen LogP contribution in [0.1, 0.15) is 31.2 Å². The van der Waals surface area contributed by atoms with E-state index in [1.54, 1.807) is 22.7 Å². The first kappa shape index (κ1) is 27.7. The molecule has 0 aliphatic carbocycles. The van der Waals surface area contributed by atoms with Gasteiger partial charge in [0, 0.05) is 21.1 Å². The number of carbonyl (C=O) groups is 2. The number of esters is 1. The van der Waals surface area contributed by atoms with Crippen LogP contribution in [0.4, 0.5) is 4.79 Å². The second kappa shape index (κ2) is 14.5. The smallest absolute Gasteiger partial charge is 0.328 e. The number of carbonyl (C=O) groups excluding carboxylic acids is 2. The van der Waals surface area contributed by atoms with E-state index < -0.39 is 17.8 Å². The first-order valence-corrected chi connectivity index (χ1v) is 14.4. The highest BCUT2D eigenvalue weighted by molar-refractivity contribution is 7.23. The van der Waals surface area contributed by atoms with Crippen molar-refractivity contribution in [2.45, 2.75) is 38.1 Å². The third kappa shape index (κ3) is 8.60. The number of rotatable bonds is 14. The first-order chi connectivity index (χ1) is 18.6. The number of benzene rings is 2. The summed E-state index contributed by atoms with van der Waals surface area (Å²) >= 11 is 3.56. The van der Waals surface area contributed by atoms with E-state index in [4.69, 9.17) is 17.3 Å². The summed E-state index contributed by atoms with van der Waals surface area (Å²) in [6.45, 7) is 0.951. The van der Waals surface area contributed by atoms with Crippen molar-refractivity contribution in [3.8, 4) is 25.9 Å². The normalized spacial score (nSPS) is 11.6. The average molecular weight is 544 g/mol. The fraction of sp³-hybridized carbons (Fsp3) is 0.267. The Bertz CT molecular complexity index is 1270. The molecule has 0 saturated heterocycles. The zero-order chi connectivity index (χ0) is 26.6. The molecule has 194 valence electrons. The van der Waals surface area contributed by atoms with Gasteiger partial charge < -0.3 is 14.8 Å². The van der Waals surface area contributed by atoms with E-state index in [1.165, 1.54) is 20.2 Å². The molecule has 2 heterocycles. The van der Waals surface area contributed by atoms with Crippen molar-refractivity contribution in [2.75, 3.05) is 13.2 Å². The molecule has 38 heavy (non-hydrogen) atoms. The van der Waals surface area contributed by atoms with Crippen molar-refractivity contribution >= 4 is 42.3 Å². The van der Waals surface area contributed by atoms with Crippen molar-refractivity contribution in [1.82, 2.24) is 5.32 Å². The zero-order valence-electron chi connectivity index (χ0n) is 21.1. The van der Waals surface area contributed by atoms with Gasteiger partial charge in [-0.3, -0.25) is 4.79 Å². The molecule has 2 aromatic heterocycles. The summed E-state index contributed by atoms with van der Waals surface area (Å²) in [5, 5.41) is 4.58. The zero-order valence-corrected chi connectivity index (χ0v) is 22.8. The molecular weight excluding hydrogens is 513 g/mol. The van der Waals surface area contributed by atoms with Gasteiger partial charge in [-0.2, -0.15) is 0 Å². The van der Waals surface area contributed by atoms with Gasteiger partial charge in [-0.25, -0.2) is 4.79 Å². The van der Waals surface area contributed by atoms with Gasteiger partial charge in [-0.15, -0.1) is 22.7 Å². The highest BCUT2D eigenvalue weighted by atomic mass is 32.1. The van der Waals surface area contributed by atoms with E-state index in [-0.39, 0.29) is 0 Å². The molecule has 0 spiro atoms. The molecule has 2 aromatic carbocycles. The number of nitrogens with one attached hydrogen (secondary N) is 1. The first-order valence-electron chi connectivity index (χ1n) is 12.7. The van der Waals surface area contributed by atoms with Crippen LogP contribution in [0, 0.1) is 0 Å². The Kier molecular flexibility index (Phi) is 10.6. The van der Waals surface area contributed by atoms with Crippen LogP contribution in [0.2, 0.25) is 0 Å². The maximum Gasteiger partial charge on any atom is 0.328 e. The standard InChI is InChI=1S/C30H30BNO4S2/c31-30(34)32-25(21-22-9-4-3-5-10-22)29(33)36-19-7-2-1-6-18-35-24-14-12-23(13-15-24)26-16-17-28(38-26)27-11-8-20-37-27/h3-5,8-17,20,25H,1-2,6-7,18-19,21H2,(H,32,34)/t25-/m0/s1. The van der Waals surface area contributed by atoms with Crippen molar-refractivity contribution < 1.29 is 19.1 Å². The summed E-state index contributed by atoms with van der Waals surface area (Å²) < 4.78 is 11.3. The highest BCUT2D eigenvalue weighted by Crippen LogP contribution is 2.36. The quantitative estimate of drug-likeness (QED) is 0.105. The SMILES string of the molecule is [B]C(=O)N[C@@H](Cc1ccccc1)C(=O)OCCCCCCOc1ccc(-c2ccc(-c3cccs3)s2)cc1. The van der Waals surface area contributed by atoms with Crippen LogP contribution in [-0.2, 0) is 16.0 Å². The van der Waals surface area contributed by atoms with E-state index in [0.29, 0.717) is 19.6 Å². The Morgan fingerprint density at radius 3 is 2.24 bits per heavy atom. The molecule has 1 amide bonds. The third-order valence-electron chi connectivity index (χ3n) is 5.94. The van der Waals surface area contributed by atoms with E-state index in [2.05, 4.69) is 47.1 Å². The van der Waals surface area contributed by atoms with Gasteiger partial charge in [0.25, 0.3) is 0 Å². The number of thiophene rings is 2. The summed E-state index contributed by atoms with van der Waals surface area (Å²) in [6.07, 6.45) is 3.91. The Morgan fingerprint density at radius 2 is 1.53 bits per heavy atom. The minimum absolute atomic E-state index is 0.309. The number of unbranched alkanes of at least 4 members (excludes halogenated alkanes) is 3. The molecule has 0 saturated carbocycles. The average Bonchev–Trinajstić information content (AvgIpc) is 3.63. The van der Waals surface area contributed by atoms with Crippen molar-refractivity contribution in [3.05, 3.63) is 89.8 Å². The summed E-state index contributed by atoms with van der Waals surface area (Å²) in [5.41, 5.74) is 2.12. The Hall–Kier alpha value is -3.36. The van der Waals surface area contributed by atoms with Gasteiger partial charge in [0.05, 0.1) is 13.2 Å². The predicted octanol–water partition coefficient (Wildman–Crippen LogP) is 7.12. The van der Waals surface area contributed by atoms with Crippen molar-refractivity contribution in [1.29, 1.82) is 0 Å². The van der Waals surface area contributed by atoms with E-state index in [0.717, 1.165) is 37.0 Å². The summed E-state index contributed by atoms with van der Waals surface area (Å²) in [6, 6.07) is 25.5. The molecule has 0 bridgehead atoms. The van der Waals surface area contributed by atoms with Gasteiger partial charge in [0.1, 0.15) is 11.8 Å². The number of hydrogen-bond acceptors (Lipinski definition) is 6. The fourth-order valence-electron chi connectivity index (χ4n) is 4.00. The van der Waals surface area contributed by atoms with Gasteiger partial charge in [-0.05, 0) is 84.7 Å². The van der Waals surface area contributed by atoms with Gasteiger partial charge in [0.2, 0.25) is 7.85 Å². The molecule has 4 aromatic rings. The van der Waals surface area contributed by atoms with Crippen LogP contribution in [0.15, 0.2) is 84.2 Å². The molecule has 4 rings (SSSR count). The van der Waals surface area contributed by atoms with Gasteiger partial charge in [-0.1, -0.05) is 36.4 Å². The second-order valence-corrected chi connectivity index (χ2v) is 10.9. The maximum absolute atomic E-state index is 12.4. The van der Waals surface area contributed by atoms with E-state index >= 15 is 0 Å². The molecule has 0 aliphatic heterocycles. The Balaban J connectivity index is 1.10. The predicted molar refractivity (Wildman–Crippen MR) is 156 cm³/mol. The molecule has 8 heteroatoms. The molecule has 1 atom stereocenters. The number of amides is 1. The Labute approximate surface area is 233 Å². The van der Waals surface area contributed by atoms with Crippen molar-refractivity contribution in [3.63, 3.8) is 0 Å². The molecule has 0 unspecified atom stereocenters. The Morgan fingerprint density at radius 1 is 0.789 bits per heavy atom. The lowest BCUT2D eigenvalue weighted by molar-refractivity contribution is -0.146. The molecule has 5 nitrogen and oxygen atoms in total. The lowest BCUT2D eigenvalue weighted by atomic mass is 10.0. The summed E-state index contributed by atoms with van der Waals surface area (Å²) in [7, 11) is 5.23. The third-order valence-corrected chi connectivity index (χ3v) is 8.14. The molecule has 0 aliphatic rings. The van der Waals surface area contributed by atoms with Gasteiger partial charge in [0.15, 0.2) is 5.81 Å². The van der Waals surface area contributed by atoms with Crippen LogP contribution in [0.5, 0.6) is 5.75 Å². The molecule has 2 radical (unpaired) electrons. The van der Waals surface area contributed by atoms with Crippen LogP contribution < -0.4 is 10.1 Å². The number of hydrogen-bond donors (Lipinski definition) is 1. The van der Waals surface area contributed by atoms with Crippen LogP contribution >= 0.6 is 22.7 Å². The lowest BCUT2D eigenvalue weighted by Crippen LogP contribution is -2.43. The minimum atomic E-state index is -0.794. The van der Waals surface area contributed by atoms with Gasteiger partial charge >= 0.3 is 5.97 Å². The molecular formula is C30H30BNO4S2. The number of ether oxygens (including phenoxy) is 2. The van der Waals surface area contributed by atoms with E-state index in [1.807, 2.05) is 42.5 Å². The fourth-order valence-corrected chi connectivity index (χ4v) is 5.84. The maximum atomic E-state index is 12.4. The van der Waals surface area contributed by atoms with E-state index in [9.17, 15) is 9.59 Å². The molecule has 0 fully saturated rings. The monoisotopic (exact) mass is 543 g/mol. The minimum Gasteiger partial charge on any atom is -0.494 e. The van der Waals surface area contributed by atoms with Crippen LogP contribution in [-0.4, -0.2) is 38.9 Å². The second-order valence-electron chi connectivity index (χ2n) is 8.85. The molecule has 1 N–H and O–H groups in total. The largest absolute Gasteiger partial charge is 0.494 e. The topological polar surface area (TPSA) is 64.6 Å².